The summed E-state index contributed by atoms with van der Waals surface area (Å²) >= 11 is 0. The molecule has 0 aliphatic heterocycles. The summed E-state index contributed by atoms with van der Waals surface area (Å²) in [5.74, 6) is 0.634. The Hall–Kier alpha value is -2.07. The molecule has 0 aliphatic rings. The van der Waals surface area contributed by atoms with Crippen LogP contribution in [0.4, 0.5) is 11.5 Å². The van der Waals surface area contributed by atoms with Crippen LogP contribution in [0.25, 0.3) is 0 Å². The van der Waals surface area contributed by atoms with E-state index >= 15 is 0 Å². The van der Waals surface area contributed by atoms with Crippen molar-refractivity contribution >= 4 is 11.5 Å². The summed E-state index contributed by atoms with van der Waals surface area (Å²) < 4.78 is 0. The van der Waals surface area contributed by atoms with E-state index in [1.165, 1.54) is 5.56 Å². The standard InChI is InChI=1S/C15H19N3O/c1-11-7-8-14(16)15(17-11)18-13(10-19)9-12-5-3-2-4-6-12/h2-8,13,19H,9-10,16H2,1H3,(H,17,18). The molecular weight excluding hydrogens is 238 g/mol. The molecule has 1 aromatic heterocycles. The molecule has 1 unspecified atom stereocenters. The number of anilines is 2. The van der Waals surface area contributed by atoms with Crippen molar-refractivity contribution in [2.24, 2.45) is 0 Å². The third-order valence-corrected chi connectivity index (χ3v) is 2.95. The first-order valence-electron chi connectivity index (χ1n) is 6.33. The Morgan fingerprint density at radius 1 is 1.21 bits per heavy atom. The highest BCUT2D eigenvalue weighted by Gasteiger charge is 2.11. The zero-order valence-electron chi connectivity index (χ0n) is 11.0. The summed E-state index contributed by atoms with van der Waals surface area (Å²) in [5.41, 5.74) is 8.54. The number of aliphatic hydroxyl groups is 1. The van der Waals surface area contributed by atoms with E-state index in [1.54, 1.807) is 0 Å². The monoisotopic (exact) mass is 257 g/mol. The first kappa shape index (κ1) is 13.4. The fourth-order valence-corrected chi connectivity index (χ4v) is 1.94. The van der Waals surface area contributed by atoms with Gasteiger partial charge in [-0.1, -0.05) is 30.3 Å². The van der Waals surface area contributed by atoms with Gasteiger partial charge in [0.25, 0.3) is 0 Å². The molecule has 0 bridgehead atoms. The number of nitrogen functional groups attached to an aromatic ring is 1. The van der Waals surface area contributed by atoms with Gasteiger partial charge in [0, 0.05) is 5.69 Å². The van der Waals surface area contributed by atoms with Crippen LogP contribution in [0, 0.1) is 6.92 Å². The van der Waals surface area contributed by atoms with Gasteiger partial charge >= 0.3 is 0 Å². The lowest BCUT2D eigenvalue weighted by atomic mass is 10.1. The van der Waals surface area contributed by atoms with Gasteiger partial charge in [-0.15, -0.1) is 0 Å². The molecule has 4 N–H and O–H groups in total. The number of nitrogens with two attached hydrogens (primary N) is 1. The van der Waals surface area contributed by atoms with Gasteiger partial charge < -0.3 is 16.2 Å². The number of hydrogen-bond acceptors (Lipinski definition) is 4. The van der Waals surface area contributed by atoms with Crippen molar-refractivity contribution < 1.29 is 5.11 Å². The van der Waals surface area contributed by atoms with Crippen molar-refractivity contribution in [1.29, 1.82) is 0 Å². The second-order valence-corrected chi connectivity index (χ2v) is 4.60. The molecule has 2 aromatic rings. The lowest BCUT2D eigenvalue weighted by Gasteiger charge is -2.18. The SMILES string of the molecule is Cc1ccc(N)c(NC(CO)Cc2ccccc2)n1. The minimum absolute atomic E-state index is 0.0317. The average Bonchev–Trinajstić information content (AvgIpc) is 2.43. The summed E-state index contributed by atoms with van der Waals surface area (Å²) in [7, 11) is 0. The van der Waals surface area contributed by atoms with Gasteiger partial charge in [-0.3, -0.25) is 0 Å². The number of aliphatic hydroxyl groups excluding tert-OH is 1. The first-order chi connectivity index (χ1) is 9.19. The van der Waals surface area contributed by atoms with E-state index in [0.29, 0.717) is 11.5 Å². The zero-order chi connectivity index (χ0) is 13.7. The number of rotatable bonds is 5. The van der Waals surface area contributed by atoms with E-state index in [4.69, 9.17) is 5.73 Å². The van der Waals surface area contributed by atoms with E-state index in [9.17, 15) is 5.11 Å². The maximum Gasteiger partial charge on any atom is 0.149 e. The number of pyridine rings is 1. The van der Waals surface area contributed by atoms with Gasteiger partial charge in [0.15, 0.2) is 0 Å². The van der Waals surface area contributed by atoms with Crippen LogP contribution in [-0.2, 0) is 6.42 Å². The van der Waals surface area contributed by atoms with Gasteiger partial charge in [-0.25, -0.2) is 4.98 Å². The molecule has 0 amide bonds. The van der Waals surface area contributed by atoms with Crippen LogP contribution in [0.1, 0.15) is 11.3 Å². The van der Waals surface area contributed by atoms with Crippen molar-refractivity contribution in [3.05, 3.63) is 53.7 Å². The Bertz CT molecular complexity index is 528. The number of hydrogen-bond donors (Lipinski definition) is 3. The van der Waals surface area contributed by atoms with Crippen LogP contribution < -0.4 is 11.1 Å². The summed E-state index contributed by atoms with van der Waals surface area (Å²) in [6.45, 7) is 1.94. The molecule has 1 heterocycles. The minimum Gasteiger partial charge on any atom is -0.396 e. The number of aryl methyl sites for hydroxylation is 1. The fraction of sp³-hybridized carbons (Fsp3) is 0.267. The van der Waals surface area contributed by atoms with Crippen LogP contribution in [0.3, 0.4) is 0 Å². The van der Waals surface area contributed by atoms with E-state index in [0.717, 1.165) is 12.1 Å². The van der Waals surface area contributed by atoms with E-state index in [1.807, 2.05) is 49.4 Å². The van der Waals surface area contributed by atoms with Crippen LogP contribution in [-0.4, -0.2) is 22.7 Å². The summed E-state index contributed by atoms with van der Waals surface area (Å²) in [6, 6.07) is 13.6. The predicted octanol–water partition coefficient (Wildman–Crippen LogP) is 1.99. The molecule has 0 fully saturated rings. The Morgan fingerprint density at radius 2 is 1.95 bits per heavy atom. The summed E-state index contributed by atoms with van der Waals surface area (Å²) in [6.07, 6.45) is 0.729. The fourth-order valence-electron chi connectivity index (χ4n) is 1.94. The van der Waals surface area contributed by atoms with Crippen molar-refractivity contribution in [3.8, 4) is 0 Å². The molecule has 0 radical (unpaired) electrons. The quantitative estimate of drug-likeness (QED) is 0.766. The molecule has 100 valence electrons. The lowest BCUT2D eigenvalue weighted by Crippen LogP contribution is -2.27. The van der Waals surface area contributed by atoms with Gasteiger partial charge in [0.2, 0.25) is 0 Å². The number of benzene rings is 1. The Morgan fingerprint density at radius 3 is 2.63 bits per heavy atom. The van der Waals surface area contributed by atoms with Crippen molar-refractivity contribution in [2.75, 3.05) is 17.7 Å². The van der Waals surface area contributed by atoms with Crippen molar-refractivity contribution in [3.63, 3.8) is 0 Å². The van der Waals surface area contributed by atoms with Crippen LogP contribution in [0.15, 0.2) is 42.5 Å². The lowest BCUT2D eigenvalue weighted by molar-refractivity contribution is 0.273. The molecule has 19 heavy (non-hydrogen) atoms. The van der Waals surface area contributed by atoms with E-state index < -0.39 is 0 Å². The van der Waals surface area contributed by atoms with E-state index in [-0.39, 0.29) is 12.6 Å². The number of nitrogens with one attached hydrogen (secondary N) is 1. The van der Waals surface area contributed by atoms with Crippen LogP contribution in [0.5, 0.6) is 0 Å². The highest BCUT2D eigenvalue weighted by molar-refractivity contribution is 5.61. The maximum atomic E-state index is 9.48. The zero-order valence-corrected chi connectivity index (χ0v) is 11.0. The molecule has 0 spiro atoms. The second kappa shape index (κ2) is 6.20. The number of aromatic nitrogens is 1. The molecule has 1 atom stereocenters. The molecule has 0 saturated heterocycles. The average molecular weight is 257 g/mol. The Balaban J connectivity index is 2.09. The highest BCUT2D eigenvalue weighted by Crippen LogP contribution is 2.17. The Labute approximate surface area is 113 Å². The number of nitrogens with zero attached hydrogens (tertiary/aromatic N) is 1. The van der Waals surface area contributed by atoms with Crippen LogP contribution >= 0.6 is 0 Å². The van der Waals surface area contributed by atoms with Gasteiger partial charge in [0.05, 0.1) is 18.3 Å². The van der Waals surface area contributed by atoms with Crippen molar-refractivity contribution in [2.45, 2.75) is 19.4 Å². The normalized spacial score (nSPS) is 12.1. The van der Waals surface area contributed by atoms with E-state index in [2.05, 4.69) is 10.3 Å². The largest absolute Gasteiger partial charge is 0.396 e. The maximum absolute atomic E-state index is 9.48. The second-order valence-electron chi connectivity index (χ2n) is 4.60. The van der Waals surface area contributed by atoms with Crippen molar-refractivity contribution in [1.82, 2.24) is 4.98 Å². The molecular formula is C15H19N3O. The third-order valence-electron chi connectivity index (χ3n) is 2.95. The highest BCUT2D eigenvalue weighted by atomic mass is 16.3. The van der Waals surface area contributed by atoms with Gasteiger partial charge in [0.1, 0.15) is 5.82 Å². The molecule has 4 nitrogen and oxygen atoms in total. The summed E-state index contributed by atoms with van der Waals surface area (Å²) in [5, 5.41) is 12.7. The topological polar surface area (TPSA) is 71.2 Å². The smallest absolute Gasteiger partial charge is 0.149 e. The van der Waals surface area contributed by atoms with Gasteiger partial charge in [-0.05, 0) is 31.0 Å². The summed E-state index contributed by atoms with van der Waals surface area (Å²) in [4.78, 5) is 4.35. The molecule has 2 rings (SSSR count). The molecule has 0 aliphatic carbocycles. The Kier molecular flexibility index (Phi) is 4.36. The van der Waals surface area contributed by atoms with Crippen LogP contribution in [0.2, 0.25) is 0 Å². The minimum atomic E-state index is -0.0981. The van der Waals surface area contributed by atoms with Gasteiger partial charge in [-0.2, -0.15) is 0 Å². The first-order valence-corrected chi connectivity index (χ1v) is 6.33. The molecule has 0 saturated carbocycles. The predicted molar refractivity (Wildman–Crippen MR) is 78.0 cm³/mol. The molecule has 1 aromatic carbocycles. The third kappa shape index (κ3) is 3.69. The molecule has 4 heteroatoms.